The molecule has 2 rings (SSSR count). The molecule has 1 N–H and O–H groups in total. The number of nitrogens with zero attached hydrogens (tertiary/aromatic N) is 1. The second-order valence-electron chi connectivity index (χ2n) is 5.97. The van der Waals surface area contributed by atoms with Crippen LogP contribution in [0.5, 0.6) is 0 Å². The highest BCUT2D eigenvalue weighted by Gasteiger charge is 2.18. The molecule has 126 valence electrons. The lowest BCUT2D eigenvalue weighted by Crippen LogP contribution is -2.36. The first-order chi connectivity index (χ1) is 11.0. The Balaban J connectivity index is 2.28. The van der Waals surface area contributed by atoms with E-state index in [-0.39, 0.29) is 11.8 Å². The van der Waals surface area contributed by atoms with Crippen molar-refractivity contribution in [2.45, 2.75) is 20.3 Å². The highest BCUT2D eigenvalue weighted by molar-refractivity contribution is 5.98. The SMILES string of the molecule is COC(=O)c1ccc(N2CCOCC2)c(NC(=O)CC(C)C)c1. The van der Waals surface area contributed by atoms with Crippen molar-refractivity contribution in [2.75, 3.05) is 43.6 Å². The molecule has 1 aromatic carbocycles. The summed E-state index contributed by atoms with van der Waals surface area (Å²) in [6.07, 6.45) is 0.436. The second kappa shape index (κ2) is 7.97. The number of hydrogen-bond donors (Lipinski definition) is 1. The normalized spacial score (nSPS) is 14.7. The van der Waals surface area contributed by atoms with Crippen molar-refractivity contribution in [1.82, 2.24) is 0 Å². The van der Waals surface area contributed by atoms with Crippen LogP contribution in [0.1, 0.15) is 30.6 Å². The van der Waals surface area contributed by atoms with Crippen LogP contribution in [0.25, 0.3) is 0 Å². The molecular formula is C17H24N2O4. The fourth-order valence-corrected chi connectivity index (χ4v) is 2.53. The Morgan fingerprint density at radius 1 is 1.30 bits per heavy atom. The van der Waals surface area contributed by atoms with Crippen molar-refractivity contribution in [3.8, 4) is 0 Å². The van der Waals surface area contributed by atoms with Gasteiger partial charge in [-0.1, -0.05) is 13.8 Å². The summed E-state index contributed by atoms with van der Waals surface area (Å²) in [7, 11) is 1.34. The third-order valence-electron chi connectivity index (χ3n) is 3.64. The quantitative estimate of drug-likeness (QED) is 0.843. The van der Waals surface area contributed by atoms with Crippen LogP contribution in [0.2, 0.25) is 0 Å². The van der Waals surface area contributed by atoms with Gasteiger partial charge in [0.25, 0.3) is 0 Å². The minimum atomic E-state index is -0.419. The predicted octanol–water partition coefficient (Wildman–Crippen LogP) is 2.29. The zero-order valence-corrected chi connectivity index (χ0v) is 13.9. The molecule has 6 heteroatoms. The van der Waals surface area contributed by atoms with E-state index in [9.17, 15) is 9.59 Å². The maximum atomic E-state index is 12.1. The number of amides is 1. The molecule has 0 aliphatic carbocycles. The molecule has 0 unspecified atom stereocenters. The van der Waals surface area contributed by atoms with Crippen LogP contribution in [0.15, 0.2) is 18.2 Å². The predicted molar refractivity (Wildman–Crippen MR) is 88.9 cm³/mol. The lowest BCUT2D eigenvalue weighted by Gasteiger charge is -2.30. The first-order valence-corrected chi connectivity index (χ1v) is 7.86. The summed E-state index contributed by atoms with van der Waals surface area (Å²) < 4.78 is 10.1. The number of benzene rings is 1. The molecule has 0 radical (unpaired) electrons. The van der Waals surface area contributed by atoms with Gasteiger partial charge in [-0.15, -0.1) is 0 Å². The fourth-order valence-electron chi connectivity index (χ4n) is 2.53. The van der Waals surface area contributed by atoms with Gasteiger partial charge in [0.05, 0.1) is 37.3 Å². The van der Waals surface area contributed by atoms with E-state index in [1.165, 1.54) is 7.11 Å². The summed E-state index contributed by atoms with van der Waals surface area (Å²) >= 11 is 0. The Bertz CT molecular complexity index is 566. The van der Waals surface area contributed by atoms with Crippen LogP contribution >= 0.6 is 0 Å². The molecule has 1 aliphatic heterocycles. The molecule has 0 atom stereocenters. The summed E-state index contributed by atoms with van der Waals surface area (Å²) in [4.78, 5) is 26.0. The zero-order chi connectivity index (χ0) is 16.8. The molecule has 1 aromatic rings. The molecule has 1 amide bonds. The van der Waals surface area contributed by atoms with Crippen molar-refractivity contribution in [3.63, 3.8) is 0 Å². The summed E-state index contributed by atoms with van der Waals surface area (Å²) in [5.41, 5.74) is 1.96. The molecule has 1 heterocycles. The van der Waals surface area contributed by atoms with Gasteiger partial charge in [-0.2, -0.15) is 0 Å². The van der Waals surface area contributed by atoms with Gasteiger partial charge in [-0.05, 0) is 24.1 Å². The van der Waals surface area contributed by atoms with Crippen LogP contribution < -0.4 is 10.2 Å². The van der Waals surface area contributed by atoms with Crippen LogP contribution in [-0.2, 0) is 14.3 Å². The molecule has 0 spiro atoms. The average Bonchev–Trinajstić information content (AvgIpc) is 2.54. The maximum absolute atomic E-state index is 12.1. The lowest BCUT2D eigenvalue weighted by molar-refractivity contribution is -0.116. The monoisotopic (exact) mass is 320 g/mol. The standard InChI is InChI=1S/C17H24N2O4/c1-12(2)10-16(20)18-14-11-13(17(21)22-3)4-5-15(14)19-6-8-23-9-7-19/h4-5,11-12H,6-10H2,1-3H3,(H,18,20). The van der Waals surface area contributed by atoms with Crippen molar-refractivity contribution >= 4 is 23.3 Å². The number of carbonyl (C=O) groups is 2. The number of rotatable bonds is 5. The van der Waals surface area contributed by atoms with E-state index in [2.05, 4.69) is 10.2 Å². The van der Waals surface area contributed by atoms with E-state index < -0.39 is 5.97 Å². The maximum Gasteiger partial charge on any atom is 0.337 e. The van der Waals surface area contributed by atoms with E-state index in [4.69, 9.17) is 9.47 Å². The molecule has 0 saturated carbocycles. The Kier molecular flexibility index (Phi) is 5.98. The van der Waals surface area contributed by atoms with E-state index in [0.29, 0.717) is 30.9 Å². The Labute approximate surface area is 136 Å². The summed E-state index contributed by atoms with van der Waals surface area (Å²) in [6, 6.07) is 5.24. The number of esters is 1. The molecular weight excluding hydrogens is 296 g/mol. The van der Waals surface area contributed by atoms with E-state index >= 15 is 0 Å². The number of carbonyl (C=O) groups excluding carboxylic acids is 2. The molecule has 6 nitrogen and oxygen atoms in total. The first-order valence-electron chi connectivity index (χ1n) is 7.86. The van der Waals surface area contributed by atoms with Crippen molar-refractivity contribution in [3.05, 3.63) is 23.8 Å². The third kappa shape index (κ3) is 4.69. The van der Waals surface area contributed by atoms with Crippen LogP contribution in [0.3, 0.4) is 0 Å². The van der Waals surface area contributed by atoms with Gasteiger partial charge in [0.1, 0.15) is 0 Å². The minimum Gasteiger partial charge on any atom is -0.465 e. The van der Waals surface area contributed by atoms with Gasteiger partial charge < -0.3 is 19.7 Å². The molecule has 1 fully saturated rings. The fraction of sp³-hybridized carbons (Fsp3) is 0.529. The number of ether oxygens (including phenoxy) is 2. The second-order valence-corrected chi connectivity index (χ2v) is 5.97. The van der Waals surface area contributed by atoms with Gasteiger partial charge in [0, 0.05) is 19.5 Å². The molecule has 1 aliphatic rings. The lowest BCUT2D eigenvalue weighted by atomic mass is 10.1. The van der Waals surface area contributed by atoms with Gasteiger partial charge in [0.2, 0.25) is 5.91 Å². The summed E-state index contributed by atoms with van der Waals surface area (Å²) in [6.45, 7) is 6.80. The van der Waals surface area contributed by atoms with E-state index in [1.54, 1.807) is 12.1 Å². The Morgan fingerprint density at radius 3 is 2.61 bits per heavy atom. The van der Waals surface area contributed by atoms with Crippen LogP contribution in [0, 0.1) is 5.92 Å². The number of nitrogens with one attached hydrogen (secondary N) is 1. The smallest absolute Gasteiger partial charge is 0.337 e. The first kappa shape index (κ1) is 17.3. The zero-order valence-electron chi connectivity index (χ0n) is 13.9. The highest BCUT2D eigenvalue weighted by atomic mass is 16.5. The Morgan fingerprint density at radius 2 is 2.00 bits per heavy atom. The van der Waals surface area contributed by atoms with Gasteiger partial charge >= 0.3 is 5.97 Å². The van der Waals surface area contributed by atoms with Crippen molar-refractivity contribution in [2.24, 2.45) is 5.92 Å². The highest BCUT2D eigenvalue weighted by Crippen LogP contribution is 2.28. The topological polar surface area (TPSA) is 67.9 Å². The van der Waals surface area contributed by atoms with E-state index in [0.717, 1.165) is 18.8 Å². The van der Waals surface area contributed by atoms with Gasteiger partial charge in [0.15, 0.2) is 0 Å². The van der Waals surface area contributed by atoms with Crippen LogP contribution in [0.4, 0.5) is 11.4 Å². The van der Waals surface area contributed by atoms with Crippen molar-refractivity contribution in [1.29, 1.82) is 0 Å². The van der Waals surface area contributed by atoms with Gasteiger partial charge in [-0.3, -0.25) is 4.79 Å². The number of anilines is 2. The largest absolute Gasteiger partial charge is 0.465 e. The molecule has 1 saturated heterocycles. The number of morpholine rings is 1. The number of hydrogen-bond acceptors (Lipinski definition) is 5. The molecule has 23 heavy (non-hydrogen) atoms. The Hall–Kier alpha value is -2.08. The number of methoxy groups -OCH3 is 1. The van der Waals surface area contributed by atoms with Crippen molar-refractivity contribution < 1.29 is 19.1 Å². The van der Waals surface area contributed by atoms with E-state index in [1.807, 2.05) is 19.9 Å². The molecule has 0 bridgehead atoms. The average molecular weight is 320 g/mol. The summed E-state index contributed by atoms with van der Waals surface area (Å²) in [5.74, 6) is -0.208. The molecule has 0 aromatic heterocycles. The summed E-state index contributed by atoms with van der Waals surface area (Å²) in [5, 5.41) is 2.93. The third-order valence-corrected chi connectivity index (χ3v) is 3.64. The van der Waals surface area contributed by atoms with Gasteiger partial charge in [-0.25, -0.2) is 4.79 Å². The minimum absolute atomic E-state index is 0.0588. The van der Waals surface area contributed by atoms with Crippen LogP contribution in [-0.4, -0.2) is 45.3 Å².